The molecular formula is C14H20N6O. The third kappa shape index (κ3) is 3.43. The predicted molar refractivity (Wildman–Crippen MR) is 80.0 cm³/mol. The van der Waals surface area contributed by atoms with Crippen molar-refractivity contribution in [1.82, 2.24) is 20.2 Å². The first-order valence-corrected chi connectivity index (χ1v) is 6.71. The van der Waals surface area contributed by atoms with E-state index in [0.29, 0.717) is 11.5 Å². The maximum Gasteiger partial charge on any atom is 0.241 e. The molecule has 21 heavy (non-hydrogen) atoms. The van der Waals surface area contributed by atoms with E-state index in [1.807, 2.05) is 32.9 Å². The molecule has 2 rings (SSSR count). The van der Waals surface area contributed by atoms with Crippen LogP contribution in [0.2, 0.25) is 0 Å². The highest BCUT2D eigenvalue weighted by Crippen LogP contribution is 2.20. The molecule has 0 aliphatic rings. The fraction of sp³-hybridized carbons (Fsp3) is 0.429. The summed E-state index contributed by atoms with van der Waals surface area (Å²) in [4.78, 5) is 12.1. The van der Waals surface area contributed by atoms with Crippen LogP contribution in [0.4, 0.5) is 5.69 Å². The number of rotatable bonds is 3. The van der Waals surface area contributed by atoms with Gasteiger partial charge in [0.15, 0.2) is 5.82 Å². The average Bonchev–Trinajstić information content (AvgIpc) is 2.83. The van der Waals surface area contributed by atoms with Crippen LogP contribution < -0.4 is 11.1 Å². The normalized spacial score (nSPS) is 13.0. The summed E-state index contributed by atoms with van der Waals surface area (Å²) in [7, 11) is 0. The molecule has 0 saturated heterocycles. The molecule has 1 atom stereocenters. The van der Waals surface area contributed by atoms with Crippen molar-refractivity contribution in [3.8, 4) is 5.69 Å². The Bertz CT molecular complexity index is 643. The summed E-state index contributed by atoms with van der Waals surface area (Å²) in [5, 5.41) is 14.2. The van der Waals surface area contributed by atoms with E-state index in [1.165, 1.54) is 0 Å². The van der Waals surface area contributed by atoms with Gasteiger partial charge in [0.25, 0.3) is 0 Å². The monoisotopic (exact) mass is 288 g/mol. The van der Waals surface area contributed by atoms with Gasteiger partial charge in [-0.25, -0.2) is 0 Å². The number of carbonyl (C=O) groups excluding carboxylic acids is 1. The van der Waals surface area contributed by atoms with Crippen LogP contribution >= 0.6 is 0 Å². The molecule has 0 fully saturated rings. The third-order valence-corrected chi connectivity index (χ3v) is 3.20. The number of aromatic nitrogens is 4. The minimum absolute atomic E-state index is 0.215. The molecule has 3 N–H and O–H groups in total. The van der Waals surface area contributed by atoms with E-state index in [0.717, 1.165) is 5.69 Å². The molecule has 0 radical (unpaired) electrons. The number of nitrogens with zero attached hydrogens (tertiary/aromatic N) is 4. The zero-order chi connectivity index (χ0) is 15.6. The van der Waals surface area contributed by atoms with Crippen molar-refractivity contribution in [1.29, 1.82) is 0 Å². The summed E-state index contributed by atoms with van der Waals surface area (Å²) in [5.41, 5.74) is 7.09. The van der Waals surface area contributed by atoms with Crippen LogP contribution in [0.1, 0.15) is 26.6 Å². The highest BCUT2D eigenvalue weighted by Gasteiger charge is 2.27. The Kier molecular flexibility index (Phi) is 4.04. The second kappa shape index (κ2) is 5.61. The van der Waals surface area contributed by atoms with Crippen molar-refractivity contribution >= 4 is 11.6 Å². The van der Waals surface area contributed by atoms with Crippen LogP contribution in [0.5, 0.6) is 0 Å². The summed E-state index contributed by atoms with van der Waals surface area (Å²) in [6.45, 7) is 7.59. The number of hydrogen-bond donors (Lipinski definition) is 2. The Balaban J connectivity index is 2.19. The standard InChI is InChI=1S/C14H20N6O/c1-9-17-18-19-20(9)11-7-5-6-10(8-11)16-13(21)12(15)14(2,3)4/h5-8,12H,15H2,1-4H3,(H,16,21)/t12-/m0/s1. The maximum atomic E-state index is 12.1. The number of hydrogen-bond acceptors (Lipinski definition) is 5. The molecule has 0 unspecified atom stereocenters. The van der Waals surface area contributed by atoms with Crippen LogP contribution in [0, 0.1) is 12.3 Å². The van der Waals surface area contributed by atoms with Crippen molar-refractivity contribution in [3.63, 3.8) is 0 Å². The van der Waals surface area contributed by atoms with Crippen molar-refractivity contribution < 1.29 is 4.79 Å². The zero-order valence-electron chi connectivity index (χ0n) is 12.7. The van der Waals surface area contributed by atoms with Crippen LogP contribution in [0.25, 0.3) is 5.69 Å². The molecule has 1 heterocycles. The van der Waals surface area contributed by atoms with Gasteiger partial charge in [-0.3, -0.25) is 4.79 Å². The van der Waals surface area contributed by atoms with Gasteiger partial charge in [0.2, 0.25) is 5.91 Å². The summed E-state index contributed by atoms with van der Waals surface area (Å²) in [6, 6.07) is 6.71. The van der Waals surface area contributed by atoms with Gasteiger partial charge in [-0.2, -0.15) is 4.68 Å². The number of tetrazole rings is 1. The Morgan fingerprint density at radius 3 is 2.67 bits per heavy atom. The molecular weight excluding hydrogens is 268 g/mol. The van der Waals surface area contributed by atoms with E-state index in [2.05, 4.69) is 20.8 Å². The van der Waals surface area contributed by atoms with E-state index in [1.54, 1.807) is 23.7 Å². The Morgan fingerprint density at radius 1 is 1.38 bits per heavy atom. The second-order valence-corrected chi connectivity index (χ2v) is 6.02. The number of amides is 1. The van der Waals surface area contributed by atoms with Gasteiger partial charge in [-0.15, -0.1) is 5.10 Å². The molecule has 1 amide bonds. The van der Waals surface area contributed by atoms with Gasteiger partial charge in [0.1, 0.15) is 0 Å². The number of nitrogens with one attached hydrogen (secondary N) is 1. The summed E-state index contributed by atoms with van der Waals surface area (Å²) in [6.07, 6.45) is 0. The zero-order valence-corrected chi connectivity index (χ0v) is 12.7. The van der Waals surface area contributed by atoms with Gasteiger partial charge >= 0.3 is 0 Å². The lowest BCUT2D eigenvalue weighted by Gasteiger charge is -2.25. The topological polar surface area (TPSA) is 98.7 Å². The van der Waals surface area contributed by atoms with Crippen LogP contribution in [0.15, 0.2) is 24.3 Å². The molecule has 0 saturated carbocycles. The Hall–Kier alpha value is -2.28. The largest absolute Gasteiger partial charge is 0.325 e. The molecule has 2 aromatic rings. The van der Waals surface area contributed by atoms with Crippen molar-refractivity contribution in [2.75, 3.05) is 5.32 Å². The summed E-state index contributed by atoms with van der Waals surface area (Å²) < 4.78 is 1.60. The van der Waals surface area contributed by atoms with Crippen LogP contribution in [-0.4, -0.2) is 32.2 Å². The van der Waals surface area contributed by atoms with Crippen LogP contribution in [-0.2, 0) is 4.79 Å². The molecule has 0 aliphatic carbocycles. The Labute approximate surface area is 123 Å². The van der Waals surface area contributed by atoms with E-state index >= 15 is 0 Å². The highest BCUT2D eigenvalue weighted by molar-refractivity contribution is 5.95. The first-order chi connectivity index (χ1) is 9.79. The first-order valence-electron chi connectivity index (χ1n) is 6.71. The number of nitrogens with two attached hydrogens (primary N) is 1. The molecule has 7 heteroatoms. The number of aryl methyl sites for hydroxylation is 1. The first kappa shape index (κ1) is 15.1. The fourth-order valence-corrected chi connectivity index (χ4v) is 1.80. The number of carbonyl (C=O) groups is 1. The third-order valence-electron chi connectivity index (χ3n) is 3.20. The Morgan fingerprint density at radius 2 is 2.10 bits per heavy atom. The second-order valence-electron chi connectivity index (χ2n) is 6.02. The number of benzene rings is 1. The van der Waals surface area contributed by atoms with E-state index in [9.17, 15) is 4.79 Å². The fourth-order valence-electron chi connectivity index (χ4n) is 1.80. The van der Waals surface area contributed by atoms with E-state index < -0.39 is 6.04 Å². The maximum absolute atomic E-state index is 12.1. The van der Waals surface area contributed by atoms with Gasteiger partial charge in [-0.05, 0) is 41.0 Å². The number of anilines is 1. The van der Waals surface area contributed by atoms with E-state index in [-0.39, 0.29) is 11.3 Å². The molecule has 1 aromatic heterocycles. The molecule has 112 valence electrons. The summed E-state index contributed by atoms with van der Waals surface area (Å²) in [5.74, 6) is 0.456. The quantitative estimate of drug-likeness (QED) is 0.886. The van der Waals surface area contributed by atoms with Crippen molar-refractivity contribution in [2.24, 2.45) is 11.1 Å². The molecule has 0 bridgehead atoms. The van der Waals surface area contributed by atoms with Gasteiger partial charge < -0.3 is 11.1 Å². The molecule has 1 aromatic carbocycles. The lowest BCUT2D eigenvalue weighted by atomic mass is 9.87. The lowest BCUT2D eigenvalue weighted by Crippen LogP contribution is -2.45. The minimum atomic E-state index is -0.587. The minimum Gasteiger partial charge on any atom is -0.325 e. The summed E-state index contributed by atoms with van der Waals surface area (Å²) >= 11 is 0. The van der Waals surface area contributed by atoms with Gasteiger partial charge in [0, 0.05) is 5.69 Å². The van der Waals surface area contributed by atoms with Gasteiger partial charge in [-0.1, -0.05) is 26.8 Å². The van der Waals surface area contributed by atoms with Crippen molar-refractivity contribution in [2.45, 2.75) is 33.7 Å². The average molecular weight is 288 g/mol. The van der Waals surface area contributed by atoms with Crippen LogP contribution in [0.3, 0.4) is 0 Å². The highest BCUT2D eigenvalue weighted by atomic mass is 16.2. The predicted octanol–water partition coefficient (Wildman–Crippen LogP) is 1.28. The SMILES string of the molecule is Cc1nnnn1-c1cccc(NC(=O)[C@H](N)C(C)(C)C)c1. The molecule has 0 aliphatic heterocycles. The van der Waals surface area contributed by atoms with Crippen molar-refractivity contribution in [3.05, 3.63) is 30.1 Å². The van der Waals surface area contributed by atoms with E-state index in [4.69, 9.17) is 5.73 Å². The van der Waals surface area contributed by atoms with Gasteiger partial charge in [0.05, 0.1) is 11.7 Å². The smallest absolute Gasteiger partial charge is 0.241 e. The lowest BCUT2D eigenvalue weighted by molar-refractivity contribution is -0.119. The molecule has 7 nitrogen and oxygen atoms in total. The molecule has 0 spiro atoms.